The van der Waals surface area contributed by atoms with Gasteiger partial charge in [-0.2, -0.15) is 0 Å². The van der Waals surface area contributed by atoms with E-state index in [1.807, 2.05) is 44.2 Å². The van der Waals surface area contributed by atoms with Gasteiger partial charge in [-0.15, -0.1) is 0 Å². The molecular weight excluding hydrogens is 314 g/mol. The standard InChI is InChI=1S/C21H25NO3/c1-15-9-11-17(12-10-15)13-16(2)19(23)22-14-21(3,20(24)25)18-7-5-4-6-8-18/h4-12,16H,13-14H2,1-3H3,(H,22,23)(H,24,25). The van der Waals surface area contributed by atoms with E-state index in [2.05, 4.69) is 5.32 Å². The van der Waals surface area contributed by atoms with Gasteiger partial charge >= 0.3 is 5.97 Å². The van der Waals surface area contributed by atoms with E-state index in [1.165, 1.54) is 5.56 Å². The van der Waals surface area contributed by atoms with Crippen molar-refractivity contribution >= 4 is 11.9 Å². The molecule has 0 heterocycles. The third-order valence-electron chi connectivity index (χ3n) is 4.61. The number of carboxylic acid groups (broad SMARTS) is 1. The van der Waals surface area contributed by atoms with Gasteiger partial charge < -0.3 is 10.4 Å². The Kier molecular flexibility index (Phi) is 5.97. The van der Waals surface area contributed by atoms with Crippen molar-refractivity contribution in [2.45, 2.75) is 32.6 Å². The smallest absolute Gasteiger partial charge is 0.315 e. The summed E-state index contributed by atoms with van der Waals surface area (Å²) in [6, 6.07) is 17.1. The summed E-state index contributed by atoms with van der Waals surface area (Å²) in [5, 5.41) is 12.5. The highest BCUT2D eigenvalue weighted by atomic mass is 16.4. The van der Waals surface area contributed by atoms with Crippen LogP contribution in [-0.4, -0.2) is 23.5 Å². The van der Waals surface area contributed by atoms with Crippen LogP contribution < -0.4 is 5.32 Å². The van der Waals surface area contributed by atoms with E-state index in [0.29, 0.717) is 12.0 Å². The van der Waals surface area contributed by atoms with Gasteiger partial charge in [-0.05, 0) is 31.4 Å². The minimum Gasteiger partial charge on any atom is -0.481 e. The molecule has 0 aliphatic carbocycles. The van der Waals surface area contributed by atoms with Crippen LogP contribution in [0, 0.1) is 12.8 Å². The van der Waals surface area contributed by atoms with Gasteiger partial charge in [-0.1, -0.05) is 67.1 Å². The normalized spacial score (nSPS) is 14.4. The lowest BCUT2D eigenvalue weighted by molar-refractivity contribution is -0.143. The molecule has 2 atom stereocenters. The number of carbonyl (C=O) groups excluding carboxylic acids is 1. The molecule has 2 aromatic rings. The van der Waals surface area contributed by atoms with Crippen LogP contribution in [0.1, 0.15) is 30.5 Å². The summed E-state index contributed by atoms with van der Waals surface area (Å²) in [5.74, 6) is -1.31. The molecule has 2 rings (SSSR count). The number of nitrogens with one attached hydrogen (secondary N) is 1. The maximum atomic E-state index is 12.4. The summed E-state index contributed by atoms with van der Waals surface area (Å²) in [6.45, 7) is 5.57. The highest BCUT2D eigenvalue weighted by Gasteiger charge is 2.35. The zero-order valence-electron chi connectivity index (χ0n) is 15.0. The Morgan fingerprint density at radius 3 is 2.24 bits per heavy atom. The average Bonchev–Trinajstić information content (AvgIpc) is 2.61. The molecule has 0 aliphatic heterocycles. The first-order valence-corrected chi connectivity index (χ1v) is 8.45. The molecular formula is C21H25NO3. The third-order valence-corrected chi connectivity index (χ3v) is 4.61. The van der Waals surface area contributed by atoms with Gasteiger partial charge in [0.2, 0.25) is 5.91 Å². The highest BCUT2D eigenvalue weighted by Crippen LogP contribution is 2.23. The van der Waals surface area contributed by atoms with Gasteiger partial charge in [0.25, 0.3) is 0 Å². The maximum absolute atomic E-state index is 12.4. The molecule has 4 heteroatoms. The molecule has 0 radical (unpaired) electrons. The number of carbonyl (C=O) groups is 2. The van der Waals surface area contributed by atoms with Crippen LogP contribution in [0.2, 0.25) is 0 Å². The third kappa shape index (κ3) is 4.69. The van der Waals surface area contributed by atoms with Gasteiger partial charge in [0.1, 0.15) is 5.41 Å². The molecule has 1 amide bonds. The van der Waals surface area contributed by atoms with E-state index < -0.39 is 11.4 Å². The Morgan fingerprint density at radius 1 is 1.08 bits per heavy atom. The predicted octanol–water partition coefficient (Wildman–Crippen LogP) is 3.33. The van der Waals surface area contributed by atoms with Crippen molar-refractivity contribution in [1.29, 1.82) is 0 Å². The summed E-state index contributed by atoms with van der Waals surface area (Å²) < 4.78 is 0. The minimum absolute atomic E-state index is 0.0589. The summed E-state index contributed by atoms with van der Waals surface area (Å²) in [5.41, 5.74) is 1.80. The largest absolute Gasteiger partial charge is 0.481 e. The number of hydrogen-bond acceptors (Lipinski definition) is 2. The molecule has 0 saturated carbocycles. The molecule has 132 valence electrons. The van der Waals surface area contributed by atoms with E-state index in [0.717, 1.165) is 5.56 Å². The maximum Gasteiger partial charge on any atom is 0.315 e. The van der Waals surface area contributed by atoms with Gasteiger partial charge in [-0.25, -0.2) is 0 Å². The fourth-order valence-corrected chi connectivity index (χ4v) is 2.72. The van der Waals surface area contributed by atoms with Gasteiger partial charge in [-0.3, -0.25) is 9.59 Å². The summed E-state index contributed by atoms with van der Waals surface area (Å²) in [7, 11) is 0. The Balaban J connectivity index is 2.01. The van der Waals surface area contributed by atoms with Gasteiger partial charge in [0, 0.05) is 12.5 Å². The number of amides is 1. The van der Waals surface area contributed by atoms with E-state index >= 15 is 0 Å². The van der Waals surface area contributed by atoms with Gasteiger partial charge in [0.05, 0.1) is 0 Å². The van der Waals surface area contributed by atoms with Crippen LogP contribution in [0.3, 0.4) is 0 Å². The van der Waals surface area contributed by atoms with Crippen molar-refractivity contribution in [3.63, 3.8) is 0 Å². The molecule has 0 bridgehead atoms. The van der Waals surface area contributed by atoms with Crippen molar-refractivity contribution < 1.29 is 14.7 Å². The van der Waals surface area contributed by atoms with Crippen LogP contribution in [0.4, 0.5) is 0 Å². The molecule has 2 aromatic carbocycles. The molecule has 2 unspecified atom stereocenters. The Labute approximate surface area is 148 Å². The second-order valence-corrected chi connectivity index (χ2v) is 6.81. The van der Waals surface area contributed by atoms with E-state index in [9.17, 15) is 14.7 Å². The summed E-state index contributed by atoms with van der Waals surface area (Å²) in [6.07, 6.45) is 0.626. The lowest BCUT2D eigenvalue weighted by Gasteiger charge is -2.26. The first-order valence-electron chi connectivity index (χ1n) is 8.45. The quantitative estimate of drug-likeness (QED) is 0.813. The van der Waals surface area contributed by atoms with E-state index in [4.69, 9.17) is 0 Å². The zero-order valence-corrected chi connectivity index (χ0v) is 15.0. The van der Waals surface area contributed by atoms with Crippen molar-refractivity contribution in [3.05, 3.63) is 71.3 Å². The van der Waals surface area contributed by atoms with E-state index in [1.54, 1.807) is 31.2 Å². The number of aliphatic carboxylic acids is 1. The number of rotatable bonds is 7. The zero-order chi connectivity index (χ0) is 18.4. The first kappa shape index (κ1) is 18.7. The molecule has 0 fully saturated rings. The summed E-state index contributed by atoms with van der Waals surface area (Å²) in [4.78, 5) is 24.2. The second-order valence-electron chi connectivity index (χ2n) is 6.81. The number of carboxylic acids is 1. The Bertz CT molecular complexity index is 725. The second kappa shape index (κ2) is 7.97. The fourth-order valence-electron chi connectivity index (χ4n) is 2.72. The van der Waals surface area contributed by atoms with Crippen molar-refractivity contribution in [1.82, 2.24) is 5.32 Å². The van der Waals surface area contributed by atoms with Crippen LogP contribution in [0.25, 0.3) is 0 Å². The number of benzene rings is 2. The fraction of sp³-hybridized carbons (Fsp3) is 0.333. The highest BCUT2D eigenvalue weighted by molar-refractivity contribution is 5.84. The number of hydrogen-bond donors (Lipinski definition) is 2. The summed E-state index contributed by atoms with van der Waals surface area (Å²) >= 11 is 0. The number of aryl methyl sites for hydroxylation is 1. The van der Waals surface area contributed by atoms with Crippen molar-refractivity contribution in [3.8, 4) is 0 Å². The van der Waals surface area contributed by atoms with Crippen LogP contribution >= 0.6 is 0 Å². The monoisotopic (exact) mass is 339 g/mol. The molecule has 0 saturated heterocycles. The van der Waals surface area contributed by atoms with E-state index in [-0.39, 0.29) is 18.4 Å². The minimum atomic E-state index is -1.15. The predicted molar refractivity (Wildman–Crippen MR) is 98.5 cm³/mol. The molecule has 2 N–H and O–H groups in total. The average molecular weight is 339 g/mol. The topological polar surface area (TPSA) is 66.4 Å². The molecule has 0 aromatic heterocycles. The van der Waals surface area contributed by atoms with Crippen molar-refractivity contribution in [2.75, 3.05) is 6.54 Å². The Hall–Kier alpha value is -2.62. The first-order chi connectivity index (χ1) is 11.8. The Morgan fingerprint density at radius 2 is 1.68 bits per heavy atom. The van der Waals surface area contributed by atoms with Gasteiger partial charge in [0.15, 0.2) is 0 Å². The molecule has 0 spiro atoms. The van der Waals surface area contributed by atoms with Crippen molar-refractivity contribution in [2.24, 2.45) is 5.92 Å². The van der Waals surface area contributed by atoms with Crippen LogP contribution in [-0.2, 0) is 21.4 Å². The van der Waals surface area contributed by atoms with Crippen LogP contribution in [0.5, 0.6) is 0 Å². The SMILES string of the molecule is Cc1ccc(CC(C)C(=O)NCC(C)(C(=O)O)c2ccccc2)cc1. The van der Waals surface area contributed by atoms with Crippen LogP contribution in [0.15, 0.2) is 54.6 Å². The lowest BCUT2D eigenvalue weighted by atomic mass is 9.82. The molecule has 0 aliphatic rings. The molecule has 25 heavy (non-hydrogen) atoms. The molecule has 4 nitrogen and oxygen atoms in total. The lowest BCUT2D eigenvalue weighted by Crippen LogP contribution is -2.45.